The summed E-state index contributed by atoms with van der Waals surface area (Å²) < 4.78 is 10.4. The molecule has 0 heterocycles. The van der Waals surface area contributed by atoms with Crippen LogP contribution in [0.25, 0.3) is 0 Å². The number of amides is 1. The first-order valence-corrected chi connectivity index (χ1v) is 7.15. The van der Waals surface area contributed by atoms with Crippen LogP contribution in [-0.2, 0) is 11.2 Å². The summed E-state index contributed by atoms with van der Waals surface area (Å²) in [5.74, 6) is 0.599. The van der Waals surface area contributed by atoms with Crippen molar-refractivity contribution in [1.29, 1.82) is 0 Å². The summed E-state index contributed by atoms with van der Waals surface area (Å²) in [6.45, 7) is 5.75. The minimum absolute atomic E-state index is 0.217. The first-order chi connectivity index (χ1) is 9.75. The number of ether oxygens (including phenoxy) is 2. The molecular weight excluding hydrogens is 292 g/mol. The number of methoxy groups -OCH3 is 1. The van der Waals surface area contributed by atoms with Crippen LogP contribution in [0.2, 0.25) is 5.02 Å². The van der Waals surface area contributed by atoms with E-state index in [1.54, 1.807) is 13.2 Å². The monoisotopic (exact) mass is 314 g/mol. The Balaban J connectivity index is 2.68. The third-order valence-electron chi connectivity index (χ3n) is 2.70. The predicted octanol–water partition coefficient (Wildman–Crippen LogP) is 2.74. The van der Waals surface area contributed by atoms with E-state index in [-0.39, 0.29) is 6.04 Å². The molecule has 1 amide bonds. The van der Waals surface area contributed by atoms with Crippen molar-refractivity contribution in [3.8, 4) is 5.75 Å². The highest BCUT2D eigenvalue weighted by Crippen LogP contribution is 2.25. The van der Waals surface area contributed by atoms with E-state index in [1.807, 2.05) is 32.9 Å². The minimum atomic E-state index is -0.535. The Morgan fingerprint density at radius 3 is 2.62 bits per heavy atom. The lowest BCUT2D eigenvalue weighted by molar-refractivity contribution is 0.0506. The summed E-state index contributed by atoms with van der Waals surface area (Å²) in [6.07, 6.45) is 0.0994. The Bertz CT molecular complexity index is 486. The van der Waals surface area contributed by atoms with Crippen molar-refractivity contribution in [3.63, 3.8) is 0 Å². The average molecular weight is 315 g/mol. The Kier molecular flexibility index (Phi) is 6.30. The summed E-state index contributed by atoms with van der Waals surface area (Å²) in [6, 6.07) is 5.26. The third-order valence-corrected chi connectivity index (χ3v) is 3.02. The molecule has 0 aromatic heterocycles. The maximum Gasteiger partial charge on any atom is 0.407 e. The van der Waals surface area contributed by atoms with E-state index in [9.17, 15) is 4.79 Å². The lowest BCUT2D eigenvalue weighted by Crippen LogP contribution is -2.44. The molecule has 0 bridgehead atoms. The summed E-state index contributed by atoms with van der Waals surface area (Å²) in [5.41, 5.74) is 6.15. The van der Waals surface area contributed by atoms with Crippen LogP contribution in [0.3, 0.4) is 0 Å². The predicted molar refractivity (Wildman–Crippen MR) is 83.9 cm³/mol. The SMILES string of the molecule is COc1cc(CC(CN)NC(=O)OC(C)(C)C)ccc1Cl. The van der Waals surface area contributed by atoms with Crippen LogP contribution in [0, 0.1) is 0 Å². The molecule has 5 nitrogen and oxygen atoms in total. The van der Waals surface area contributed by atoms with Crippen molar-refractivity contribution in [2.45, 2.75) is 38.8 Å². The number of carbonyl (C=O) groups is 1. The van der Waals surface area contributed by atoms with Gasteiger partial charge in [-0.05, 0) is 44.9 Å². The zero-order valence-corrected chi connectivity index (χ0v) is 13.7. The molecule has 1 unspecified atom stereocenters. The highest BCUT2D eigenvalue weighted by Gasteiger charge is 2.19. The van der Waals surface area contributed by atoms with Crippen molar-refractivity contribution in [2.75, 3.05) is 13.7 Å². The van der Waals surface area contributed by atoms with Crippen molar-refractivity contribution in [2.24, 2.45) is 5.73 Å². The van der Waals surface area contributed by atoms with E-state index >= 15 is 0 Å². The van der Waals surface area contributed by atoms with Gasteiger partial charge in [-0.25, -0.2) is 4.79 Å². The topological polar surface area (TPSA) is 73.6 Å². The molecule has 21 heavy (non-hydrogen) atoms. The molecule has 6 heteroatoms. The highest BCUT2D eigenvalue weighted by atomic mass is 35.5. The van der Waals surface area contributed by atoms with Gasteiger partial charge >= 0.3 is 6.09 Å². The molecule has 0 aliphatic rings. The van der Waals surface area contributed by atoms with E-state index in [0.29, 0.717) is 23.7 Å². The summed E-state index contributed by atoms with van der Waals surface area (Å²) in [7, 11) is 1.56. The molecular formula is C15H23ClN2O3. The highest BCUT2D eigenvalue weighted by molar-refractivity contribution is 6.32. The Morgan fingerprint density at radius 1 is 1.43 bits per heavy atom. The molecule has 1 aromatic carbocycles. The number of nitrogens with two attached hydrogens (primary N) is 1. The molecule has 0 aliphatic carbocycles. The number of carbonyl (C=O) groups excluding carboxylic acids is 1. The average Bonchev–Trinajstić information content (AvgIpc) is 2.37. The van der Waals surface area contributed by atoms with Crippen LogP contribution >= 0.6 is 11.6 Å². The second-order valence-corrected chi connectivity index (χ2v) is 6.16. The smallest absolute Gasteiger partial charge is 0.407 e. The molecule has 0 saturated carbocycles. The van der Waals surface area contributed by atoms with Gasteiger partial charge in [-0.2, -0.15) is 0 Å². The molecule has 1 aromatic rings. The van der Waals surface area contributed by atoms with E-state index in [2.05, 4.69) is 5.32 Å². The van der Waals surface area contributed by atoms with Gasteiger partial charge in [0.25, 0.3) is 0 Å². The van der Waals surface area contributed by atoms with E-state index in [1.165, 1.54) is 0 Å². The normalized spacial score (nSPS) is 12.7. The zero-order valence-electron chi connectivity index (χ0n) is 12.9. The van der Waals surface area contributed by atoms with Gasteiger partial charge in [-0.1, -0.05) is 17.7 Å². The van der Waals surface area contributed by atoms with Crippen LogP contribution in [0.15, 0.2) is 18.2 Å². The molecule has 0 spiro atoms. The molecule has 0 aliphatic heterocycles. The molecule has 3 N–H and O–H groups in total. The number of hydrogen-bond donors (Lipinski definition) is 2. The Hall–Kier alpha value is -1.46. The fourth-order valence-corrected chi connectivity index (χ4v) is 1.98. The van der Waals surface area contributed by atoms with Crippen molar-refractivity contribution in [1.82, 2.24) is 5.32 Å². The second kappa shape index (κ2) is 7.52. The van der Waals surface area contributed by atoms with Gasteiger partial charge in [0.05, 0.1) is 12.1 Å². The fraction of sp³-hybridized carbons (Fsp3) is 0.533. The molecule has 0 saturated heterocycles. The first-order valence-electron chi connectivity index (χ1n) is 6.77. The van der Waals surface area contributed by atoms with Gasteiger partial charge < -0.3 is 20.5 Å². The zero-order chi connectivity index (χ0) is 16.0. The van der Waals surface area contributed by atoms with Gasteiger partial charge in [0.2, 0.25) is 0 Å². The maximum atomic E-state index is 11.8. The summed E-state index contributed by atoms with van der Waals surface area (Å²) in [4.78, 5) is 11.8. The lowest BCUT2D eigenvalue weighted by Gasteiger charge is -2.23. The largest absolute Gasteiger partial charge is 0.495 e. The van der Waals surface area contributed by atoms with Crippen LogP contribution in [0.4, 0.5) is 4.79 Å². The number of halogens is 1. The first kappa shape index (κ1) is 17.6. The van der Waals surface area contributed by atoms with Crippen LogP contribution in [-0.4, -0.2) is 31.4 Å². The summed E-state index contributed by atoms with van der Waals surface area (Å²) >= 11 is 5.98. The van der Waals surface area contributed by atoms with Crippen molar-refractivity contribution in [3.05, 3.63) is 28.8 Å². The van der Waals surface area contributed by atoms with Crippen molar-refractivity contribution >= 4 is 17.7 Å². The number of alkyl carbamates (subject to hydrolysis) is 1. The molecule has 0 fully saturated rings. The van der Waals surface area contributed by atoms with Crippen LogP contribution in [0.1, 0.15) is 26.3 Å². The van der Waals surface area contributed by atoms with Gasteiger partial charge in [-0.15, -0.1) is 0 Å². The third kappa shape index (κ3) is 6.23. The molecule has 118 valence electrons. The number of rotatable bonds is 5. The van der Waals surface area contributed by atoms with Crippen molar-refractivity contribution < 1.29 is 14.3 Å². The fourth-order valence-electron chi connectivity index (χ4n) is 1.78. The van der Waals surface area contributed by atoms with Gasteiger partial charge in [-0.3, -0.25) is 0 Å². The van der Waals surface area contributed by atoms with E-state index in [4.69, 9.17) is 26.8 Å². The molecule has 0 radical (unpaired) electrons. The van der Waals surface area contributed by atoms with E-state index < -0.39 is 11.7 Å². The van der Waals surface area contributed by atoms with E-state index in [0.717, 1.165) is 5.56 Å². The van der Waals surface area contributed by atoms with Gasteiger partial charge in [0.15, 0.2) is 0 Å². The number of hydrogen-bond acceptors (Lipinski definition) is 4. The van der Waals surface area contributed by atoms with Gasteiger partial charge in [0, 0.05) is 12.6 Å². The second-order valence-electron chi connectivity index (χ2n) is 5.75. The lowest BCUT2D eigenvalue weighted by atomic mass is 10.1. The molecule has 1 atom stereocenters. The standard InChI is InChI=1S/C15H23ClN2O3/c1-15(2,3)21-14(19)18-11(9-17)7-10-5-6-12(16)13(8-10)20-4/h5-6,8,11H,7,9,17H2,1-4H3,(H,18,19). The Morgan fingerprint density at radius 2 is 2.10 bits per heavy atom. The van der Waals surface area contributed by atoms with Crippen LogP contribution < -0.4 is 15.8 Å². The molecule has 1 rings (SSSR count). The number of nitrogens with one attached hydrogen (secondary N) is 1. The maximum absolute atomic E-state index is 11.8. The Labute approximate surface area is 130 Å². The quantitative estimate of drug-likeness (QED) is 0.876. The van der Waals surface area contributed by atoms with Crippen LogP contribution in [0.5, 0.6) is 5.75 Å². The summed E-state index contributed by atoms with van der Waals surface area (Å²) in [5, 5.41) is 3.31. The minimum Gasteiger partial charge on any atom is -0.495 e. The van der Waals surface area contributed by atoms with Gasteiger partial charge in [0.1, 0.15) is 11.4 Å². The number of benzene rings is 1.